The number of methoxy groups -OCH3 is 1. The maximum absolute atomic E-state index is 12.0. The van der Waals surface area contributed by atoms with Crippen molar-refractivity contribution in [3.8, 4) is 0 Å². The predicted octanol–water partition coefficient (Wildman–Crippen LogP) is -0.967. The smallest absolute Gasteiger partial charge is 0.321 e. The fourth-order valence-corrected chi connectivity index (χ4v) is 3.06. The summed E-state index contributed by atoms with van der Waals surface area (Å²) in [5.74, 6) is -1.19. The number of carbonyl (C=O) groups is 1. The highest BCUT2D eigenvalue weighted by molar-refractivity contribution is 7.87. The molecule has 0 aromatic heterocycles. The van der Waals surface area contributed by atoms with Crippen molar-refractivity contribution in [3.63, 3.8) is 0 Å². The third-order valence-corrected chi connectivity index (χ3v) is 4.37. The van der Waals surface area contributed by atoms with Gasteiger partial charge in [0, 0.05) is 26.8 Å². The molecule has 1 rings (SSSR count). The van der Waals surface area contributed by atoms with Crippen molar-refractivity contribution < 1.29 is 27.8 Å². The van der Waals surface area contributed by atoms with E-state index in [0.29, 0.717) is 26.2 Å². The van der Waals surface area contributed by atoms with Crippen LogP contribution in [0.5, 0.6) is 0 Å². The molecule has 0 bridgehead atoms. The van der Waals surface area contributed by atoms with Gasteiger partial charge >= 0.3 is 5.97 Å². The number of ether oxygens (including phenoxy) is 2. The van der Waals surface area contributed by atoms with Crippen LogP contribution in [-0.2, 0) is 24.5 Å². The zero-order chi connectivity index (χ0) is 14.3. The molecule has 0 spiro atoms. The first-order chi connectivity index (χ1) is 8.97. The van der Waals surface area contributed by atoms with Crippen molar-refractivity contribution in [1.29, 1.82) is 0 Å². The SMILES string of the molecule is COCCCC(NS(=O)(=O)N1CCOCC1)C(=O)O. The second-order valence-electron chi connectivity index (χ2n) is 4.16. The third kappa shape index (κ3) is 5.41. The topological polar surface area (TPSA) is 105 Å². The molecular formula is C10H20N2O6S. The molecule has 2 N–H and O–H groups in total. The van der Waals surface area contributed by atoms with Gasteiger partial charge in [0.15, 0.2) is 0 Å². The Balaban J connectivity index is 2.58. The van der Waals surface area contributed by atoms with E-state index in [2.05, 4.69) is 4.72 Å². The summed E-state index contributed by atoms with van der Waals surface area (Å²) in [6, 6.07) is -1.14. The van der Waals surface area contributed by atoms with E-state index < -0.39 is 22.2 Å². The van der Waals surface area contributed by atoms with Gasteiger partial charge in [0.1, 0.15) is 6.04 Å². The van der Waals surface area contributed by atoms with Crippen LogP contribution < -0.4 is 4.72 Å². The van der Waals surface area contributed by atoms with Crippen LogP contribution in [0.4, 0.5) is 0 Å². The second kappa shape index (κ2) is 7.75. The van der Waals surface area contributed by atoms with E-state index in [0.717, 1.165) is 0 Å². The van der Waals surface area contributed by atoms with Crippen molar-refractivity contribution in [2.75, 3.05) is 40.0 Å². The lowest BCUT2D eigenvalue weighted by Gasteiger charge is -2.27. The summed E-state index contributed by atoms with van der Waals surface area (Å²) in [6.07, 6.45) is 0.659. The Bertz CT molecular complexity index is 379. The van der Waals surface area contributed by atoms with Gasteiger partial charge in [-0.25, -0.2) is 0 Å². The van der Waals surface area contributed by atoms with E-state index >= 15 is 0 Å². The van der Waals surface area contributed by atoms with Crippen LogP contribution in [-0.4, -0.2) is 69.9 Å². The first-order valence-corrected chi connectivity index (χ1v) is 7.48. The highest BCUT2D eigenvalue weighted by Gasteiger charge is 2.29. The summed E-state index contributed by atoms with van der Waals surface area (Å²) in [5, 5.41) is 9.02. The molecule has 1 saturated heterocycles. The van der Waals surface area contributed by atoms with Crippen LogP contribution in [0, 0.1) is 0 Å². The Morgan fingerprint density at radius 2 is 2.11 bits per heavy atom. The summed E-state index contributed by atoms with van der Waals surface area (Å²) >= 11 is 0. The maximum atomic E-state index is 12.0. The van der Waals surface area contributed by atoms with Crippen LogP contribution in [0.25, 0.3) is 0 Å². The molecule has 0 aliphatic carbocycles. The van der Waals surface area contributed by atoms with Gasteiger partial charge in [-0.3, -0.25) is 4.79 Å². The number of hydrogen-bond donors (Lipinski definition) is 2. The highest BCUT2D eigenvalue weighted by atomic mass is 32.2. The van der Waals surface area contributed by atoms with Gasteiger partial charge in [-0.05, 0) is 12.8 Å². The fraction of sp³-hybridized carbons (Fsp3) is 0.900. The van der Waals surface area contributed by atoms with E-state index in [1.165, 1.54) is 11.4 Å². The molecule has 0 aromatic rings. The van der Waals surface area contributed by atoms with E-state index in [4.69, 9.17) is 14.6 Å². The van der Waals surface area contributed by atoms with Crippen molar-refractivity contribution in [2.24, 2.45) is 0 Å². The lowest BCUT2D eigenvalue weighted by atomic mass is 10.2. The normalized spacial score (nSPS) is 19.2. The van der Waals surface area contributed by atoms with Crippen LogP contribution in [0.15, 0.2) is 0 Å². The lowest BCUT2D eigenvalue weighted by Crippen LogP contribution is -2.51. The van der Waals surface area contributed by atoms with Crippen LogP contribution in [0.1, 0.15) is 12.8 Å². The minimum absolute atomic E-state index is 0.187. The first-order valence-electron chi connectivity index (χ1n) is 6.04. The van der Waals surface area contributed by atoms with Crippen molar-refractivity contribution in [2.45, 2.75) is 18.9 Å². The zero-order valence-corrected chi connectivity index (χ0v) is 11.7. The Morgan fingerprint density at radius 3 is 2.63 bits per heavy atom. The molecule has 1 aliphatic heterocycles. The van der Waals surface area contributed by atoms with E-state index in [9.17, 15) is 13.2 Å². The molecule has 1 heterocycles. The van der Waals surface area contributed by atoms with Crippen molar-refractivity contribution >= 4 is 16.2 Å². The summed E-state index contributed by atoms with van der Waals surface area (Å²) in [7, 11) is -2.28. The average Bonchev–Trinajstić information content (AvgIpc) is 2.38. The second-order valence-corrected chi connectivity index (χ2v) is 5.86. The number of rotatable bonds is 8. The van der Waals surface area contributed by atoms with E-state index in [-0.39, 0.29) is 19.5 Å². The molecule has 0 aromatic carbocycles. The van der Waals surface area contributed by atoms with Gasteiger partial charge in [-0.15, -0.1) is 0 Å². The molecule has 0 saturated carbocycles. The van der Waals surface area contributed by atoms with E-state index in [1.54, 1.807) is 0 Å². The Labute approximate surface area is 112 Å². The molecule has 112 valence electrons. The molecule has 1 atom stereocenters. The number of nitrogens with zero attached hydrogens (tertiary/aromatic N) is 1. The monoisotopic (exact) mass is 296 g/mol. The summed E-state index contributed by atoms with van der Waals surface area (Å²) < 4.78 is 37.3. The number of carboxylic acids is 1. The number of carboxylic acid groups (broad SMARTS) is 1. The quantitative estimate of drug-likeness (QED) is 0.559. The Morgan fingerprint density at radius 1 is 1.47 bits per heavy atom. The number of hydrogen-bond acceptors (Lipinski definition) is 5. The minimum atomic E-state index is -3.78. The summed E-state index contributed by atoms with van der Waals surface area (Å²) in [6.45, 7) is 1.51. The molecular weight excluding hydrogens is 276 g/mol. The number of morpholine rings is 1. The number of nitrogens with one attached hydrogen (secondary N) is 1. The molecule has 1 aliphatic rings. The molecule has 8 nitrogen and oxygen atoms in total. The lowest BCUT2D eigenvalue weighted by molar-refractivity contribution is -0.139. The first kappa shape index (κ1) is 16.3. The van der Waals surface area contributed by atoms with Crippen molar-refractivity contribution in [3.05, 3.63) is 0 Å². The summed E-state index contributed by atoms with van der Waals surface area (Å²) in [4.78, 5) is 11.0. The molecule has 19 heavy (non-hydrogen) atoms. The Hall–Kier alpha value is -0.740. The fourth-order valence-electron chi connectivity index (χ4n) is 1.71. The van der Waals surface area contributed by atoms with E-state index in [1.807, 2.05) is 0 Å². The number of aliphatic carboxylic acids is 1. The third-order valence-electron chi connectivity index (χ3n) is 2.74. The maximum Gasteiger partial charge on any atom is 0.321 e. The highest BCUT2D eigenvalue weighted by Crippen LogP contribution is 2.06. The van der Waals surface area contributed by atoms with Gasteiger partial charge in [0.2, 0.25) is 0 Å². The molecule has 9 heteroatoms. The van der Waals surface area contributed by atoms with Crippen molar-refractivity contribution in [1.82, 2.24) is 9.03 Å². The molecule has 1 unspecified atom stereocenters. The zero-order valence-electron chi connectivity index (χ0n) is 10.9. The van der Waals surface area contributed by atoms with Crippen LogP contribution in [0.2, 0.25) is 0 Å². The van der Waals surface area contributed by atoms with Gasteiger partial charge in [-0.1, -0.05) is 0 Å². The summed E-state index contributed by atoms with van der Waals surface area (Å²) in [5.41, 5.74) is 0. The predicted molar refractivity (Wildman–Crippen MR) is 67.0 cm³/mol. The molecule has 0 radical (unpaired) electrons. The van der Waals surface area contributed by atoms with Gasteiger partial charge in [0.25, 0.3) is 10.2 Å². The standard InChI is InChI=1S/C10H20N2O6S/c1-17-6-2-3-9(10(13)14)11-19(15,16)12-4-7-18-8-5-12/h9,11H,2-8H2,1H3,(H,13,14). The van der Waals surface area contributed by atoms with Crippen LogP contribution in [0.3, 0.4) is 0 Å². The van der Waals surface area contributed by atoms with Gasteiger partial charge in [-0.2, -0.15) is 17.4 Å². The molecule has 1 fully saturated rings. The van der Waals surface area contributed by atoms with Gasteiger partial charge in [0.05, 0.1) is 13.2 Å². The van der Waals surface area contributed by atoms with Crippen LogP contribution >= 0.6 is 0 Å². The Kier molecular flexibility index (Phi) is 6.66. The largest absolute Gasteiger partial charge is 0.480 e. The van der Waals surface area contributed by atoms with Gasteiger partial charge < -0.3 is 14.6 Å². The molecule has 0 amide bonds. The minimum Gasteiger partial charge on any atom is -0.480 e. The average molecular weight is 296 g/mol.